The Bertz CT molecular complexity index is 746. The van der Waals surface area contributed by atoms with Crippen molar-refractivity contribution in [2.45, 2.75) is 32.9 Å². The van der Waals surface area contributed by atoms with Crippen LogP contribution in [-0.2, 0) is 12.1 Å². The summed E-state index contributed by atoms with van der Waals surface area (Å²) >= 11 is 1.70. The fourth-order valence-corrected chi connectivity index (χ4v) is 2.95. The molecular weight excluding hydrogens is 296 g/mol. The third-order valence-corrected chi connectivity index (χ3v) is 4.62. The Morgan fingerprint density at radius 2 is 2.00 bits per heavy atom. The first-order valence-corrected chi connectivity index (χ1v) is 7.88. The number of hydrogen-bond acceptors (Lipinski definition) is 6. The van der Waals surface area contributed by atoms with Crippen LogP contribution >= 0.6 is 11.3 Å². The Morgan fingerprint density at radius 1 is 1.23 bits per heavy atom. The van der Waals surface area contributed by atoms with Crippen LogP contribution < -0.4 is 5.32 Å². The zero-order valence-electron chi connectivity index (χ0n) is 12.8. The fourth-order valence-electron chi connectivity index (χ4n) is 2.11. The van der Waals surface area contributed by atoms with Crippen molar-refractivity contribution in [2.24, 2.45) is 0 Å². The number of aromatic nitrogens is 5. The Kier molecular flexibility index (Phi) is 4.00. The summed E-state index contributed by atoms with van der Waals surface area (Å²) in [5.41, 5.74) is 0.721. The molecule has 2 aromatic heterocycles. The zero-order valence-corrected chi connectivity index (χ0v) is 13.6. The van der Waals surface area contributed by atoms with Crippen molar-refractivity contribution in [1.29, 1.82) is 0 Å². The van der Waals surface area contributed by atoms with Gasteiger partial charge in [0.25, 0.3) is 0 Å². The summed E-state index contributed by atoms with van der Waals surface area (Å²) in [6.07, 6.45) is 1.90. The van der Waals surface area contributed by atoms with Crippen LogP contribution in [0.3, 0.4) is 0 Å². The maximum Gasteiger partial charge on any atom is 0.170 e. The van der Waals surface area contributed by atoms with E-state index < -0.39 is 0 Å². The summed E-state index contributed by atoms with van der Waals surface area (Å²) in [6, 6.07) is 9.87. The average molecular weight is 314 g/mol. The number of aryl methyl sites for hydroxylation is 1. The molecule has 0 saturated heterocycles. The van der Waals surface area contributed by atoms with Crippen LogP contribution in [0.25, 0.3) is 5.69 Å². The van der Waals surface area contributed by atoms with Gasteiger partial charge < -0.3 is 0 Å². The van der Waals surface area contributed by atoms with Crippen molar-refractivity contribution in [3.05, 3.63) is 52.2 Å². The van der Waals surface area contributed by atoms with E-state index in [1.807, 2.05) is 36.5 Å². The van der Waals surface area contributed by atoms with Gasteiger partial charge in [-0.3, -0.25) is 5.32 Å². The molecule has 1 aromatic carbocycles. The summed E-state index contributed by atoms with van der Waals surface area (Å²) < 4.78 is 1.75. The molecule has 3 aromatic rings. The normalized spacial score (nSPS) is 11.8. The van der Waals surface area contributed by atoms with E-state index in [1.165, 1.54) is 4.88 Å². The average Bonchev–Trinajstić information content (AvgIpc) is 3.15. The number of tetrazole rings is 1. The number of para-hydroxylation sites is 1. The lowest BCUT2D eigenvalue weighted by Gasteiger charge is -2.23. The molecule has 0 radical (unpaired) electrons. The Hall–Kier alpha value is -2.12. The molecule has 0 amide bonds. The number of nitrogens with zero attached hydrogens (tertiary/aromatic N) is 5. The molecular formula is C15H18N6S. The molecule has 1 N–H and O–H groups in total. The maximum atomic E-state index is 4.47. The van der Waals surface area contributed by atoms with E-state index in [0.29, 0.717) is 6.54 Å². The van der Waals surface area contributed by atoms with Crippen LogP contribution in [0.2, 0.25) is 0 Å². The fraction of sp³-hybridized carbons (Fsp3) is 0.333. The Labute approximate surface area is 133 Å². The Morgan fingerprint density at radius 3 is 2.68 bits per heavy atom. The predicted octanol–water partition coefficient (Wildman–Crippen LogP) is 2.45. The van der Waals surface area contributed by atoms with E-state index in [-0.39, 0.29) is 5.54 Å². The van der Waals surface area contributed by atoms with Gasteiger partial charge in [-0.25, -0.2) is 4.98 Å². The van der Waals surface area contributed by atoms with E-state index in [9.17, 15) is 0 Å². The molecule has 3 rings (SSSR count). The second-order valence-corrected chi connectivity index (χ2v) is 6.83. The summed E-state index contributed by atoms with van der Waals surface area (Å²) in [7, 11) is 0. The van der Waals surface area contributed by atoms with Gasteiger partial charge in [-0.2, -0.15) is 4.68 Å². The largest absolute Gasteiger partial charge is 0.299 e. The lowest BCUT2D eigenvalue weighted by Crippen LogP contribution is -2.36. The minimum atomic E-state index is -0.230. The first-order valence-electron chi connectivity index (χ1n) is 7.07. The molecule has 22 heavy (non-hydrogen) atoms. The first kappa shape index (κ1) is 14.8. The lowest BCUT2D eigenvalue weighted by molar-refractivity contribution is 0.391. The van der Waals surface area contributed by atoms with Crippen molar-refractivity contribution >= 4 is 11.3 Å². The smallest absolute Gasteiger partial charge is 0.170 e. The molecule has 0 aliphatic rings. The lowest BCUT2D eigenvalue weighted by atomic mass is 10.1. The summed E-state index contributed by atoms with van der Waals surface area (Å²) in [4.78, 5) is 5.67. The van der Waals surface area contributed by atoms with Crippen LogP contribution in [0.4, 0.5) is 0 Å². The van der Waals surface area contributed by atoms with Crippen LogP contribution in [0, 0.1) is 6.92 Å². The molecule has 0 saturated carbocycles. The standard InChI is InChI=1S/C15H18N6S/c1-11-9-16-14(22-11)15(2,3)17-10-13-18-19-20-21(13)12-7-5-4-6-8-12/h4-9,17H,10H2,1-3H3. The highest BCUT2D eigenvalue weighted by Crippen LogP contribution is 2.25. The number of benzene rings is 1. The first-order chi connectivity index (χ1) is 10.6. The van der Waals surface area contributed by atoms with Crippen LogP contribution in [0.1, 0.15) is 29.6 Å². The van der Waals surface area contributed by atoms with E-state index in [2.05, 4.69) is 46.6 Å². The van der Waals surface area contributed by atoms with Crippen molar-refractivity contribution in [1.82, 2.24) is 30.5 Å². The van der Waals surface area contributed by atoms with E-state index >= 15 is 0 Å². The molecule has 6 nitrogen and oxygen atoms in total. The minimum absolute atomic E-state index is 0.230. The van der Waals surface area contributed by atoms with Gasteiger partial charge in [0, 0.05) is 11.1 Å². The summed E-state index contributed by atoms with van der Waals surface area (Å²) in [5, 5.41) is 16.5. The van der Waals surface area contributed by atoms with Crippen molar-refractivity contribution in [3.8, 4) is 5.69 Å². The second-order valence-electron chi connectivity index (χ2n) is 5.60. The number of thiazole rings is 1. The van der Waals surface area contributed by atoms with Gasteiger partial charge in [-0.05, 0) is 43.3 Å². The molecule has 0 spiro atoms. The Balaban J connectivity index is 1.76. The molecule has 0 bridgehead atoms. The van der Waals surface area contributed by atoms with Crippen LogP contribution in [0.5, 0.6) is 0 Å². The number of hydrogen-bond donors (Lipinski definition) is 1. The molecule has 0 aliphatic heterocycles. The number of nitrogens with one attached hydrogen (secondary N) is 1. The molecule has 0 atom stereocenters. The summed E-state index contributed by atoms with van der Waals surface area (Å²) in [5.74, 6) is 0.771. The SMILES string of the molecule is Cc1cnc(C(C)(C)NCc2nnnn2-c2ccccc2)s1. The van der Waals surface area contributed by atoms with Crippen LogP contribution in [-0.4, -0.2) is 25.2 Å². The van der Waals surface area contributed by atoms with Gasteiger partial charge in [-0.15, -0.1) is 16.4 Å². The minimum Gasteiger partial charge on any atom is -0.299 e. The molecule has 2 heterocycles. The molecule has 114 valence electrons. The van der Waals surface area contributed by atoms with Crippen molar-refractivity contribution in [2.75, 3.05) is 0 Å². The molecule has 0 fully saturated rings. The molecule has 0 unspecified atom stereocenters. The van der Waals surface area contributed by atoms with Crippen LogP contribution in [0.15, 0.2) is 36.5 Å². The number of rotatable bonds is 5. The third kappa shape index (κ3) is 3.05. The highest BCUT2D eigenvalue weighted by molar-refractivity contribution is 7.11. The molecule has 7 heteroatoms. The molecule has 0 aliphatic carbocycles. The quantitative estimate of drug-likeness (QED) is 0.783. The third-order valence-electron chi connectivity index (χ3n) is 3.38. The highest BCUT2D eigenvalue weighted by atomic mass is 32.1. The monoisotopic (exact) mass is 314 g/mol. The highest BCUT2D eigenvalue weighted by Gasteiger charge is 2.24. The van der Waals surface area contributed by atoms with E-state index in [4.69, 9.17) is 0 Å². The van der Waals surface area contributed by atoms with Gasteiger partial charge in [0.05, 0.1) is 17.8 Å². The van der Waals surface area contributed by atoms with Gasteiger partial charge in [0.15, 0.2) is 5.82 Å². The topological polar surface area (TPSA) is 68.5 Å². The predicted molar refractivity (Wildman–Crippen MR) is 85.9 cm³/mol. The zero-order chi connectivity index (χ0) is 15.6. The van der Waals surface area contributed by atoms with Gasteiger partial charge >= 0.3 is 0 Å². The summed E-state index contributed by atoms with van der Waals surface area (Å²) in [6.45, 7) is 6.85. The van der Waals surface area contributed by atoms with E-state index in [1.54, 1.807) is 16.0 Å². The second kappa shape index (κ2) is 5.94. The van der Waals surface area contributed by atoms with E-state index in [0.717, 1.165) is 16.5 Å². The van der Waals surface area contributed by atoms with Gasteiger partial charge in [0.2, 0.25) is 0 Å². The van der Waals surface area contributed by atoms with Crippen molar-refractivity contribution in [3.63, 3.8) is 0 Å². The van der Waals surface area contributed by atoms with Crippen molar-refractivity contribution < 1.29 is 0 Å². The van der Waals surface area contributed by atoms with Gasteiger partial charge in [0.1, 0.15) is 5.01 Å². The van der Waals surface area contributed by atoms with Gasteiger partial charge in [-0.1, -0.05) is 18.2 Å². The maximum absolute atomic E-state index is 4.47.